The summed E-state index contributed by atoms with van der Waals surface area (Å²) in [6, 6.07) is 3.05. The number of aliphatic hydroxyl groups is 1. The van der Waals surface area contributed by atoms with Crippen molar-refractivity contribution in [2.45, 2.75) is 26.5 Å². The maximum absolute atomic E-state index is 12.6. The fraction of sp³-hybridized carbons (Fsp3) is 0.353. The number of carbonyl (C=O) groups is 1. The van der Waals surface area contributed by atoms with Crippen LogP contribution in [0.4, 0.5) is 17.1 Å². The lowest BCUT2D eigenvalue weighted by Crippen LogP contribution is -2.38. The molecule has 2 N–H and O–H groups in total. The number of thiophene rings is 1. The highest BCUT2D eigenvalue weighted by molar-refractivity contribution is 7.10. The molecule has 2 heterocycles. The van der Waals surface area contributed by atoms with E-state index in [-0.39, 0.29) is 29.3 Å². The number of benzene rings is 1. The summed E-state index contributed by atoms with van der Waals surface area (Å²) in [6.07, 6.45) is 0.739. The zero-order valence-electron chi connectivity index (χ0n) is 15.0. The third-order valence-electron chi connectivity index (χ3n) is 4.77. The summed E-state index contributed by atoms with van der Waals surface area (Å²) in [4.78, 5) is 36.8. The molecule has 1 aromatic carbocycles. The first-order valence-corrected chi connectivity index (χ1v) is 9.34. The van der Waals surface area contributed by atoms with E-state index in [0.717, 1.165) is 18.1 Å². The predicted molar refractivity (Wildman–Crippen MR) is 102 cm³/mol. The second-order valence-corrected chi connectivity index (χ2v) is 7.36. The Balaban J connectivity index is 1.85. The topological polar surface area (TPSA) is 139 Å². The molecule has 1 aliphatic rings. The molecule has 10 nitrogen and oxygen atoms in total. The molecule has 0 atom stereocenters. The molecule has 0 saturated carbocycles. The van der Waals surface area contributed by atoms with Crippen LogP contribution in [-0.4, -0.2) is 38.8 Å². The van der Waals surface area contributed by atoms with Crippen LogP contribution < -0.4 is 5.32 Å². The van der Waals surface area contributed by atoms with Crippen molar-refractivity contribution in [3.8, 4) is 0 Å². The summed E-state index contributed by atoms with van der Waals surface area (Å²) in [5.41, 5.74) is -0.0982. The SMILES string of the molecule is Cc1c(CO)cc([N+](=O)[O-])c(NCC(=O)N2CCc3sccc3C2)c1[N+](=O)[O-]. The molecule has 0 unspecified atom stereocenters. The predicted octanol–water partition coefficient (Wildman–Crippen LogP) is 2.36. The molecule has 0 radical (unpaired) electrons. The lowest BCUT2D eigenvalue weighted by molar-refractivity contribution is -0.392. The lowest BCUT2D eigenvalue weighted by atomic mass is 10.0. The molecule has 1 amide bonds. The van der Waals surface area contributed by atoms with Crippen LogP contribution in [0.15, 0.2) is 17.5 Å². The quantitative estimate of drug-likeness (QED) is 0.554. The van der Waals surface area contributed by atoms with Gasteiger partial charge in [0.05, 0.1) is 23.0 Å². The Morgan fingerprint density at radius 1 is 1.36 bits per heavy atom. The average Bonchev–Trinajstić information content (AvgIpc) is 3.13. The van der Waals surface area contributed by atoms with Gasteiger partial charge in [-0.05, 0) is 35.9 Å². The van der Waals surface area contributed by atoms with Crippen LogP contribution in [0.3, 0.4) is 0 Å². The van der Waals surface area contributed by atoms with E-state index in [4.69, 9.17) is 0 Å². The summed E-state index contributed by atoms with van der Waals surface area (Å²) in [6.45, 7) is 1.51. The van der Waals surface area contributed by atoms with Crippen LogP contribution in [-0.2, 0) is 24.4 Å². The van der Waals surface area contributed by atoms with Gasteiger partial charge in [0.15, 0.2) is 5.69 Å². The molecule has 148 valence electrons. The first-order chi connectivity index (χ1) is 13.3. The second kappa shape index (κ2) is 7.90. The molecular formula is C17H18N4O6S. The van der Waals surface area contributed by atoms with E-state index >= 15 is 0 Å². The number of rotatable bonds is 6. The molecule has 0 aliphatic carbocycles. The van der Waals surface area contributed by atoms with Gasteiger partial charge in [-0.15, -0.1) is 11.3 Å². The van der Waals surface area contributed by atoms with Gasteiger partial charge in [0, 0.05) is 29.6 Å². The fourth-order valence-corrected chi connectivity index (χ4v) is 4.14. The molecule has 0 bridgehead atoms. The van der Waals surface area contributed by atoms with Crippen molar-refractivity contribution in [1.29, 1.82) is 0 Å². The van der Waals surface area contributed by atoms with Gasteiger partial charge in [-0.1, -0.05) is 0 Å². The molecule has 0 fully saturated rings. The van der Waals surface area contributed by atoms with Crippen LogP contribution >= 0.6 is 11.3 Å². The minimum atomic E-state index is -0.767. The first kappa shape index (κ1) is 19.7. The van der Waals surface area contributed by atoms with Crippen molar-refractivity contribution in [2.75, 3.05) is 18.4 Å². The number of nitro benzene ring substituents is 2. The largest absolute Gasteiger partial charge is 0.392 e. The number of hydrogen-bond acceptors (Lipinski definition) is 8. The number of nitrogens with one attached hydrogen (secondary N) is 1. The van der Waals surface area contributed by atoms with Crippen LogP contribution in [0, 0.1) is 27.2 Å². The van der Waals surface area contributed by atoms with E-state index in [1.54, 1.807) is 16.2 Å². The fourth-order valence-electron chi connectivity index (χ4n) is 3.25. The number of hydrogen-bond donors (Lipinski definition) is 2. The van der Waals surface area contributed by atoms with Crippen LogP contribution in [0.25, 0.3) is 0 Å². The number of nitrogens with zero attached hydrogens (tertiary/aromatic N) is 3. The van der Waals surface area contributed by atoms with Gasteiger partial charge in [0.1, 0.15) is 0 Å². The number of aliphatic hydroxyl groups excluding tert-OH is 1. The highest BCUT2D eigenvalue weighted by atomic mass is 32.1. The van der Waals surface area contributed by atoms with Crippen molar-refractivity contribution in [3.05, 3.63) is 59.3 Å². The summed E-state index contributed by atoms with van der Waals surface area (Å²) in [5.74, 6) is -0.302. The number of fused-ring (bicyclic) bond motifs is 1. The Kier molecular flexibility index (Phi) is 5.56. The Hall–Kier alpha value is -3.05. The van der Waals surface area contributed by atoms with E-state index < -0.39 is 27.8 Å². The van der Waals surface area contributed by atoms with Gasteiger partial charge in [0.2, 0.25) is 5.91 Å². The van der Waals surface area contributed by atoms with Crippen LogP contribution in [0.5, 0.6) is 0 Å². The average molecular weight is 406 g/mol. The monoisotopic (exact) mass is 406 g/mol. The molecule has 28 heavy (non-hydrogen) atoms. The minimum Gasteiger partial charge on any atom is -0.392 e. The number of nitro groups is 2. The highest BCUT2D eigenvalue weighted by Crippen LogP contribution is 2.39. The molecule has 0 saturated heterocycles. The molecule has 3 rings (SSSR count). The zero-order chi connectivity index (χ0) is 20.4. The van der Waals surface area contributed by atoms with Gasteiger partial charge in [0.25, 0.3) is 5.69 Å². The highest BCUT2D eigenvalue weighted by Gasteiger charge is 2.31. The Morgan fingerprint density at radius 3 is 2.75 bits per heavy atom. The smallest absolute Gasteiger partial charge is 0.302 e. The number of amides is 1. The van der Waals surface area contributed by atoms with Crippen molar-refractivity contribution >= 4 is 34.3 Å². The summed E-state index contributed by atoms with van der Waals surface area (Å²) >= 11 is 1.64. The maximum atomic E-state index is 12.6. The summed E-state index contributed by atoms with van der Waals surface area (Å²) < 4.78 is 0. The third kappa shape index (κ3) is 3.66. The van der Waals surface area contributed by atoms with Gasteiger partial charge >= 0.3 is 5.69 Å². The van der Waals surface area contributed by atoms with Crippen LogP contribution in [0.2, 0.25) is 0 Å². The molecule has 1 aliphatic heterocycles. The van der Waals surface area contributed by atoms with E-state index in [2.05, 4.69) is 5.32 Å². The molecule has 0 spiro atoms. The van der Waals surface area contributed by atoms with Gasteiger partial charge in [-0.25, -0.2) is 0 Å². The Labute approximate surface area is 163 Å². The Bertz CT molecular complexity index is 957. The number of carbonyl (C=O) groups excluding carboxylic acids is 1. The van der Waals surface area contributed by atoms with Crippen molar-refractivity contribution < 1.29 is 19.7 Å². The normalized spacial score (nSPS) is 13.1. The molecule has 1 aromatic heterocycles. The summed E-state index contributed by atoms with van der Waals surface area (Å²) in [7, 11) is 0. The van der Waals surface area contributed by atoms with Crippen molar-refractivity contribution in [2.24, 2.45) is 0 Å². The molecular weight excluding hydrogens is 388 g/mol. The first-order valence-electron chi connectivity index (χ1n) is 8.46. The Morgan fingerprint density at radius 2 is 2.11 bits per heavy atom. The maximum Gasteiger partial charge on any atom is 0.302 e. The van der Waals surface area contributed by atoms with E-state index in [9.17, 15) is 30.1 Å². The van der Waals surface area contributed by atoms with Gasteiger partial charge < -0.3 is 15.3 Å². The van der Waals surface area contributed by atoms with Gasteiger partial charge in [-0.2, -0.15) is 0 Å². The molecule has 11 heteroatoms. The van der Waals surface area contributed by atoms with Crippen molar-refractivity contribution in [3.63, 3.8) is 0 Å². The lowest BCUT2D eigenvalue weighted by Gasteiger charge is -2.27. The third-order valence-corrected chi connectivity index (χ3v) is 5.79. The van der Waals surface area contributed by atoms with Crippen LogP contribution in [0.1, 0.15) is 21.6 Å². The summed E-state index contributed by atoms with van der Waals surface area (Å²) in [5, 5.41) is 36.8. The minimum absolute atomic E-state index is 0.0938. The second-order valence-electron chi connectivity index (χ2n) is 6.36. The van der Waals surface area contributed by atoms with Crippen molar-refractivity contribution in [1.82, 2.24) is 4.90 Å². The van der Waals surface area contributed by atoms with Gasteiger partial charge in [-0.3, -0.25) is 25.0 Å². The number of anilines is 1. The van der Waals surface area contributed by atoms with E-state index in [1.165, 1.54) is 11.8 Å². The molecule has 2 aromatic rings. The zero-order valence-corrected chi connectivity index (χ0v) is 15.8. The standard InChI is InChI=1S/C17H18N4O6S/c1-10-12(9-22)6-13(20(24)25)16(17(10)21(26)27)18-7-15(23)19-4-2-14-11(8-19)3-5-28-14/h3,5-6,18,22H,2,4,7-9H2,1H3. The van der Waals surface area contributed by atoms with E-state index in [0.29, 0.717) is 13.1 Å². The van der Waals surface area contributed by atoms with E-state index in [1.807, 2.05) is 11.4 Å².